The van der Waals surface area contributed by atoms with Crippen molar-refractivity contribution in [2.45, 2.75) is 50.2 Å². The van der Waals surface area contributed by atoms with E-state index in [4.69, 9.17) is 5.73 Å². The summed E-state index contributed by atoms with van der Waals surface area (Å²) in [6, 6.07) is 0. The van der Waals surface area contributed by atoms with Crippen molar-refractivity contribution in [1.82, 2.24) is 4.90 Å². The van der Waals surface area contributed by atoms with Gasteiger partial charge in [0.15, 0.2) is 0 Å². The van der Waals surface area contributed by atoms with Crippen LogP contribution in [0.1, 0.15) is 38.5 Å². The molecule has 0 amide bonds. The van der Waals surface area contributed by atoms with Crippen molar-refractivity contribution in [1.29, 1.82) is 0 Å². The van der Waals surface area contributed by atoms with Gasteiger partial charge in [0, 0.05) is 12.1 Å². The molecular formula is C11H21F3N2. The van der Waals surface area contributed by atoms with Crippen LogP contribution in [0.5, 0.6) is 0 Å². The van der Waals surface area contributed by atoms with Gasteiger partial charge in [0.25, 0.3) is 0 Å². The second kappa shape index (κ2) is 5.36. The minimum atomic E-state index is -4.05. The maximum atomic E-state index is 12.0. The van der Waals surface area contributed by atoms with Gasteiger partial charge in [-0.3, -0.25) is 0 Å². The lowest BCUT2D eigenvalue weighted by Crippen LogP contribution is -2.40. The van der Waals surface area contributed by atoms with Gasteiger partial charge in [-0.2, -0.15) is 13.2 Å². The maximum Gasteiger partial charge on any atom is 0.390 e. The third kappa shape index (κ3) is 5.16. The number of alkyl halides is 3. The van der Waals surface area contributed by atoms with E-state index >= 15 is 0 Å². The first kappa shape index (κ1) is 13.8. The minimum absolute atomic E-state index is 0.0690. The standard InChI is InChI=1S/C11H21F3N2/c1-16(9-7-11(12,13)14)8-6-10(15)4-2-3-5-10/h2-9,15H2,1H3. The fraction of sp³-hybridized carbons (Fsp3) is 1.00. The molecule has 16 heavy (non-hydrogen) atoms. The van der Waals surface area contributed by atoms with E-state index in [9.17, 15) is 13.2 Å². The van der Waals surface area contributed by atoms with Crippen LogP contribution < -0.4 is 5.73 Å². The van der Waals surface area contributed by atoms with Gasteiger partial charge in [-0.15, -0.1) is 0 Å². The number of hydrogen-bond acceptors (Lipinski definition) is 2. The first-order valence-electron chi connectivity index (χ1n) is 5.85. The van der Waals surface area contributed by atoms with Gasteiger partial charge < -0.3 is 10.6 Å². The lowest BCUT2D eigenvalue weighted by Gasteiger charge is -2.27. The molecule has 1 aliphatic rings. The zero-order chi connectivity index (χ0) is 12.2. The van der Waals surface area contributed by atoms with Gasteiger partial charge in [0.05, 0.1) is 6.42 Å². The third-order valence-electron chi connectivity index (χ3n) is 3.37. The Morgan fingerprint density at radius 2 is 1.75 bits per heavy atom. The van der Waals surface area contributed by atoms with Gasteiger partial charge in [-0.25, -0.2) is 0 Å². The van der Waals surface area contributed by atoms with Crippen LogP contribution in [0.4, 0.5) is 13.2 Å². The van der Waals surface area contributed by atoms with E-state index in [1.807, 2.05) is 0 Å². The van der Waals surface area contributed by atoms with Gasteiger partial charge >= 0.3 is 6.18 Å². The fourth-order valence-electron chi connectivity index (χ4n) is 2.17. The lowest BCUT2D eigenvalue weighted by atomic mass is 9.94. The van der Waals surface area contributed by atoms with E-state index in [2.05, 4.69) is 0 Å². The zero-order valence-corrected chi connectivity index (χ0v) is 9.82. The van der Waals surface area contributed by atoms with Crippen LogP contribution >= 0.6 is 0 Å². The molecule has 0 saturated heterocycles. The molecule has 0 unspecified atom stereocenters. The highest BCUT2D eigenvalue weighted by atomic mass is 19.4. The van der Waals surface area contributed by atoms with Crippen LogP contribution in [0.2, 0.25) is 0 Å². The molecule has 2 N–H and O–H groups in total. The van der Waals surface area contributed by atoms with E-state index < -0.39 is 12.6 Å². The van der Waals surface area contributed by atoms with Crippen molar-refractivity contribution in [3.63, 3.8) is 0 Å². The summed E-state index contributed by atoms with van der Waals surface area (Å²) in [4.78, 5) is 1.72. The van der Waals surface area contributed by atoms with Gasteiger partial charge in [-0.05, 0) is 32.9 Å². The molecule has 0 radical (unpaired) electrons. The highest BCUT2D eigenvalue weighted by molar-refractivity contribution is 4.89. The quantitative estimate of drug-likeness (QED) is 0.797. The predicted molar refractivity (Wildman–Crippen MR) is 58.2 cm³/mol. The first-order valence-corrected chi connectivity index (χ1v) is 5.85. The van der Waals surface area contributed by atoms with Crippen LogP contribution in [-0.4, -0.2) is 36.8 Å². The number of nitrogens with zero attached hydrogens (tertiary/aromatic N) is 1. The Morgan fingerprint density at radius 1 is 1.19 bits per heavy atom. The molecule has 2 nitrogen and oxygen atoms in total. The number of hydrogen-bond donors (Lipinski definition) is 1. The third-order valence-corrected chi connectivity index (χ3v) is 3.37. The molecule has 5 heteroatoms. The highest BCUT2D eigenvalue weighted by Gasteiger charge is 2.30. The van der Waals surface area contributed by atoms with Crippen molar-refractivity contribution in [2.24, 2.45) is 5.73 Å². The van der Waals surface area contributed by atoms with E-state index in [0.717, 1.165) is 32.1 Å². The predicted octanol–water partition coefficient (Wildman–Crippen LogP) is 2.53. The van der Waals surface area contributed by atoms with Crippen LogP contribution in [0.15, 0.2) is 0 Å². The Bertz CT molecular complexity index is 210. The fourth-order valence-corrected chi connectivity index (χ4v) is 2.17. The van der Waals surface area contributed by atoms with Gasteiger partial charge in [0.2, 0.25) is 0 Å². The van der Waals surface area contributed by atoms with Crippen LogP contribution in [0, 0.1) is 0 Å². The van der Waals surface area contributed by atoms with Crippen molar-refractivity contribution in [3.05, 3.63) is 0 Å². The maximum absolute atomic E-state index is 12.0. The molecule has 1 saturated carbocycles. The average Bonchev–Trinajstić information content (AvgIpc) is 2.59. The second-order valence-electron chi connectivity index (χ2n) is 4.99. The van der Waals surface area contributed by atoms with Crippen molar-refractivity contribution in [3.8, 4) is 0 Å². The molecule has 0 aromatic carbocycles. The molecule has 1 fully saturated rings. The topological polar surface area (TPSA) is 29.3 Å². The zero-order valence-electron chi connectivity index (χ0n) is 9.82. The molecule has 0 aromatic rings. The highest BCUT2D eigenvalue weighted by Crippen LogP contribution is 2.30. The molecule has 0 spiro atoms. The molecule has 96 valence electrons. The summed E-state index contributed by atoms with van der Waals surface area (Å²) in [6.45, 7) is 0.728. The van der Waals surface area contributed by atoms with Crippen molar-refractivity contribution >= 4 is 0 Å². The SMILES string of the molecule is CN(CCC(F)(F)F)CCC1(N)CCCC1. The minimum Gasteiger partial charge on any atom is -0.325 e. The summed E-state index contributed by atoms with van der Waals surface area (Å²) < 4.78 is 35.9. The van der Waals surface area contributed by atoms with Crippen LogP contribution in [-0.2, 0) is 0 Å². The van der Waals surface area contributed by atoms with E-state index in [1.165, 1.54) is 0 Å². The van der Waals surface area contributed by atoms with E-state index in [1.54, 1.807) is 11.9 Å². The smallest absolute Gasteiger partial charge is 0.325 e. The average molecular weight is 238 g/mol. The number of halogens is 3. The van der Waals surface area contributed by atoms with Crippen LogP contribution in [0.25, 0.3) is 0 Å². The summed E-state index contributed by atoms with van der Waals surface area (Å²) >= 11 is 0. The van der Waals surface area contributed by atoms with Gasteiger partial charge in [0.1, 0.15) is 0 Å². The Balaban J connectivity index is 2.17. The largest absolute Gasteiger partial charge is 0.390 e. The number of nitrogens with two attached hydrogens (primary N) is 1. The molecule has 0 aromatic heterocycles. The Labute approximate surface area is 95.0 Å². The molecule has 0 heterocycles. The Kier molecular flexibility index (Phi) is 4.62. The normalized spacial score (nSPS) is 20.6. The molecule has 1 rings (SSSR count). The Morgan fingerprint density at radius 3 is 2.25 bits per heavy atom. The van der Waals surface area contributed by atoms with Crippen molar-refractivity contribution < 1.29 is 13.2 Å². The molecule has 0 aliphatic heterocycles. The summed E-state index contributed by atoms with van der Waals surface area (Å²) in [6.07, 6.45) is 0.357. The Hall–Kier alpha value is -0.290. The monoisotopic (exact) mass is 238 g/mol. The second-order valence-corrected chi connectivity index (χ2v) is 4.99. The molecule has 1 aliphatic carbocycles. The summed E-state index contributed by atoms with van der Waals surface area (Å²) in [5.74, 6) is 0. The summed E-state index contributed by atoms with van der Waals surface area (Å²) in [5, 5.41) is 0. The lowest BCUT2D eigenvalue weighted by molar-refractivity contribution is -0.137. The van der Waals surface area contributed by atoms with Gasteiger partial charge in [-0.1, -0.05) is 12.8 Å². The molecule has 0 atom stereocenters. The van der Waals surface area contributed by atoms with Crippen molar-refractivity contribution in [2.75, 3.05) is 20.1 Å². The molecule has 0 bridgehead atoms. The van der Waals surface area contributed by atoms with E-state index in [-0.39, 0.29) is 12.1 Å². The van der Waals surface area contributed by atoms with E-state index in [0.29, 0.717) is 6.54 Å². The summed E-state index contributed by atoms with van der Waals surface area (Å²) in [5.41, 5.74) is 6.02. The van der Waals surface area contributed by atoms with Crippen LogP contribution in [0.3, 0.4) is 0 Å². The molecular weight excluding hydrogens is 217 g/mol. The number of rotatable bonds is 5. The summed E-state index contributed by atoms with van der Waals surface area (Å²) in [7, 11) is 1.73. The first-order chi connectivity index (χ1) is 7.31.